The molecule has 0 bridgehead atoms. The minimum atomic E-state index is -0.645. The van der Waals surface area contributed by atoms with E-state index in [1.165, 1.54) is 0 Å². The Morgan fingerprint density at radius 3 is 2.24 bits per heavy atom. The zero-order valence-corrected chi connectivity index (χ0v) is 23.5. The van der Waals surface area contributed by atoms with E-state index >= 15 is 0 Å². The van der Waals surface area contributed by atoms with E-state index in [0.29, 0.717) is 41.0 Å². The molecular formula is C29H38N4O5. The van der Waals surface area contributed by atoms with Gasteiger partial charge in [-0.2, -0.15) is 4.98 Å². The van der Waals surface area contributed by atoms with Crippen LogP contribution in [0.15, 0.2) is 18.3 Å². The van der Waals surface area contributed by atoms with Crippen LogP contribution in [0.5, 0.6) is 17.2 Å². The molecule has 2 amide bonds. The van der Waals surface area contributed by atoms with E-state index in [1.807, 2.05) is 47.6 Å². The predicted molar refractivity (Wildman–Crippen MR) is 147 cm³/mol. The van der Waals surface area contributed by atoms with Crippen LogP contribution < -0.4 is 24.8 Å². The summed E-state index contributed by atoms with van der Waals surface area (Å²) in [6.45, 7) is 10.9. The van der Waals surface area contributed by atoms with Gasteiger partial charge in [0.15, 0.2) is 11.5 Å². The van der Waals surface area contributed by atoms with E-state index in [0.717, 1.165) is 24.0 Å². The fraction of sp³-hybridized carbons (Fsp3) is 0.517. The molecule has 2 aliphatic rings. The van der Waals surface area contributed by atoms with E-state index in [-0.39, 0.29) is 23.9 Å². The fourth-order valence-electron chi connectivity index (χ4n) is 4.01. The van der Waals surface area contributed by atoms with Crippen LogP contribution >= 0.6 is 0 Å². The molecule has 1 aliphatic heterocycles. The second kappa shape index (κ2) is 10.3. The highest BCUT2D eigenvalue weighted by molar-refractivity contribution is 5.95. The van der Waals surface area contributed by atoms with Gasteiger partial charge in [0, 0.05) is 34.6 Å². The number of ether oxygens (including phenoxy) is 3. The SMILES string of the molecule is COc1cc(Cc2cnc(NC(=O)C(C)(C)C)nc2NC(=O)C(C)(C)C)c2c(c1OC)O[C@H](C1CC1)C=C2. The Balaban J connectivity index is 1.75. The molecule has 9 heteroatoms. The van der Waals surface area contributed by atoms with Gasteiger partial charge in [-0.3, -0.25) is 14.9 Å². The Morgan fingerprint density at radius 2 is 1.66 bits per heavy atom. The molecule has 2 heterocycles. The number of carbonyl (C=O) groups excluding carboxylic acids is 2. The number of rotatable bonds is 7. The van der Waals surface area contributed by atoms with Crippen molar-refractivity contribution in [2.75, 3.05) is 24.9 Å². The van der Waals surface area contributed by atoms with Crippen molar-refractivity contribution in [3.63, 3.8) is 0 Å². The van der Waals surface area contributed by atoms with E-state index in [1.54, 1.807) is 20.4 Å². The Bertz CT molecular complexity index is 1270. The van der Waals surface area contributed by atoms with Crippen LogP contribution in [0.3, 0.4) is 0 Å². The van der Waals surface area contributed by atoms with Crippen LogP contribution in [0.2, 0.25) is 0 Å². The molecule has 2 N–H and O–H groups in total. The van der Waals surface area contributed by atoms with E-state index in [2.05, 4.69) is 32.8 Å². The molecule has 2 aromatic rings. The summed E-state index contributed by atoms with van der Waals surface area (Å²) in [4.78, 5) is 34.4. The van der Waals surface area contributed by atoms with Crippen molar-refractivity contribution in [2.24, 2.45) is 16.7 Å². The lowest BCUT2D eigenvalue weighted by molar-refractivity contribution is -0.123. The van der Waals surface area contributed by atoms with Crippen molar-refractivity contribution in [3.05, 3.63) is 35.0 Å². The molecule has 0 spiro atoms. The van der Waals surface area contributed by atoms with Crippen LogP contribution in [0.4, 0.5) is 11.8 Å². The molecule has 38 heavy (non-hydrogen) atoms. The molecular weight excluding hydrogens is 484 g/mol. The highest BCUT2D eigenvalue weighted by Gasteiger charge is 2.35. The summed E-state index contributed by atoms with van der Waals surface area (Å²) < 4.78 is 17.7. The van der Waals surface area contributed by atoms with Gasteiger partial charge in [0.05, 0.1) is 14.2 Å². The van der Waals surface area contributed by atoms with Gasteiger partial charge in [-0.05, 0) is 36.5 Å². The van der Waals surface area contributed by atoms with E-state index < -0.39 is 10.8 Å². The molecule has 204 valence electrons. The Kier molecular flexibility index (Phi) is 7.41. The summed E-state index contributed by atoms with van der Waals surface area (Å²) >= 11 is 0. The molecule has 1 aromatic carbocycles. The van der Waals surface area contributed by atoms with Crippen molar-refractivity contribution < 1.29 is 23.8 Å². The van der Waals surface area contributed by atoms with Crippen LogP contribution in [-0.4, -0.2) is 42.1 Å². The van der Waals surface area contributed by atoms with Crippen molar-refractivity contribution in [3.8, 4) is 17.2 Å². The third-order valence-corrected chi connectivity index (χ3v) is 6.61. The number of benzene rings is 1. The average molecular weight is 523 g/mol. The van der Waals surface area contributed by atoms with Crippen LogP contribution in [0, 0.1) is 16.7 Å². The van der Waals surface area contributed by atoms with Crippen LogP contribution in [-0.2, 0) is 16.0 Å². The van der Waals surface area contributed by atoms with Gasteiger partial charge in [-0.1, -0.05) is 47.6 Å². The van der Waals surface area contributed by atoms with Crippen LogP contribution in [0.1, 0.15) is 71.1 Å². The second-order valence-electron chi connectivity index (χ2n) is 11.9. The first kappa shape index (κ1) is 27.4. The summed E-state index contributed by atoms with van der Waals surface area (Å²) in [5.41, 5.74) is 1.21. The van der Waals surface area contributed by atoms with Crippen molar-refractivity contribution >= 4 is 29.7 Å². The maximum absolute atomic E-state index is 12.9. The van der Waals surface area contributed by atoms with Gasteiger partial charge >= 0.3 is 0 Å². The average Bonchev–Trinajstić information content (AvgIpc) is 3.69. The minimum absolute atomic E-state index is 0.00651. The lowest BCUT2D eigenvalue weighted by Gasteiger charge is -2.26. The maximum atomic E-state index is 12.9. The Hall–Kier alpha value is -3.62. The first-order chi connectivity index (χ1) is 17.8. The number of aromatic nitrogens is 2. The molecule has 1 saturated carbocycles. The molecule has 0 radical (unpaired) electrons. The van der Waals surface area contributed by atoms with Gasteiger partial charge in [0.2, 0.25) is 23.5 Å². The zero-order valence-electron chi connectivity index (χ0n) is 23.5. The molecule has 0 saturated heterocycles. The number of carbonyl (C=O) groups is 2. The number of nitrogens with zero attached hydrogens (tertiary/aromatic N) is 2. The number of methoxy groups -OCH3 is 2. The highest BCUT2D eigenvalue weighted by Crippen LogP contribution is 2.48. The van der Waals surface area contributed by atoms with Gasteiger partial charge < -0.3 is 19.5 Å². The van der Waals surface area contributed by atoms with Crippen molar-refractivity contribution in [1.29, 1.82) is 0 Å². The summed E-state index contributed by atoms with van der Waals surface area (Å²) in [7, 11) is 3.19. The first-order valence-electron chi connectivity index (χ1n) is 12.9. The van der Waals surface area contributed by atoms with E-state index in [4.69, 9.17) is 14.2 Å². The van der Waals surface area contributed by atoms with Gasteiger partial charge in [-0.25, -0.2) is 4.98 Å². The van der Waals surface area contributed by atoms with Crippen molar-refractivity contribution in [1.82, 2.24) is 9.97 Å². The maximum Gasteiger partial charge on any atom is 0.232 e. The molecule has 1 aromatic heterocycles. The number of fused-ring (bicyclic) bond motifs is 1. The number of hydrogen-bond donors (Lipinski definition) is 2. The molecule has 1 aliphatic carbocycles. The molecule has 9 nitrogen and oxygen atoms in total. The molecule has 0 unspecified atom stereocenters. The Labute approximate surface area is 224 Å². The number of hydrogen-bond acceptors (Lipinski definition) is 7. The first-order valence-corrected chi connectivity index (χ1v) is 12.9. The highest BCUT2D eigenvalue weighted by atomic mass is 16.5. The summed E-state index contributed by atoms with van der Waals surface area (Å²) in [6, 6.07) is 1.91. The van der Waals surface area contributed by atoms with E-state index in [9.17, 15) is 9.59 Å². The number of anilines is 2. The quantitative estimate of drug-likeness (QED) is 0.512. The molecule has 1 fully saturated rings. The molecule has 1 atom stereocenters. The zero-order chi connectivity index (χ0) is 27.8. The van der Waals surface area contributed by atoms with Gasteiger partial charge in [0.1, 0.15) is 11.9 Å². The lowest BCUT2D eigenvalue weighted by atomic mass is 9.94. The predicted octanol–water partition coefficient (Wildman–Crippen LogP) is 5.24. The fourth-order valence-corrected chi connectivity index (χ4v) is 4.01. The third-order valence-electron chi connectivity index (χ3n) is 6.61. The topological polar surface area (TPSA) is 112 Å². The summed E-state index contributed by atoms with van der Waals surface area (Å²) in [5.74, 6) is 2.32. The van der Waals surface area contributed by atoms with Crippen LogP contribution in [0.25, 0.3) is 6.08 Å². The number of amides is 2. The standard InChI is InChI=1S/C29H38N4O5/c1-28(2,3)25(34)31-24-18(15-30-27(32-24)33-26(35)29(4,5)6)13-17-14-21(36-7)23(37-8)22-19(17)11-12-20(38-22)16-9-10-16/h11-12,14-16,20H,9-10,13H2,1-8H3,(H2,30,31,32,33,34,35)/t20-/m0/s1. The largest absolute Gasteiger partial charge is 0.493 e. The summed E-state index contributed by atoms with van der Waals surface area (Å²) in [5, 5.41) is 5.69. The second-order valence-corrected chi connectivity index (χ2v) is 11.9. The van der Waals surface area contributed by atoms with Gasteiger partial charge in [-0.15, -0.1) is 0 Å². The monoisotopic (exact) mass is 522 g/mol. The van der Waals surface area contributed by atoms with Crippen molar-refractivity contribution in [2.45, 2.75) is 66.9 Å². The van der Waals surface area contributed by atoms with Gasteiger partial charge in [0.25, 0.3) is 0 Å². The summed E-state index contributed by atoms with van der Waals surface area (Å²) in [6.07, 6.45) is 8.49. The Morgan fingerprint density at radius 1 is 1.00 bits per heavy atom. The number of nitrogens with one attached hydrogen (secondary N) is 2. The normalized spacial score (nSPS) is 16.8. The lowest BCUT2D eigenvalue weighted by Crippen LogP contribution is -2.30. The third kappa shape index (κ3) is 5.92. The smallest absolute Gasteiger partial charge is 0.232 e. The minimum Gasteiger partial charge on any atom is -0.493 e. The molecule has 4 rings (SSSR count).